The highest BCUT2D eigenvalue weighted by Crippen LogP contribution is 2.36. The first-order chi connectivity index (χ1) is 9.72. The van der Waals surface area contributed by atoms with Gasteiger partial charge in [-0.2, -0.15) is 0 Å². The van der Waals surface area contributed by atoms with Crippen LogP contribution in [0.15, 0.2) is 12.1 Å². The maximum atomic E-state index is 11.9. The fraction of sp³-hybridized carbons (Fsp3) is 0.429. The third-order valence-corrected chi connectivity index (χ3v) is 3.66. The second-order valence-electron chi connectivity index (χ2n) is 4.92. The van der Waals surface area contributed by atoms with Crippen molar-refractivity contribution >= 4 is 18.2 Å². The molecule has 0 spiro atoms. The highest BCUT2D eigenvalue weighted by atomic mass is 16.6. The van der Waals surface area contributed by atoms with Gasteiger partial charge < -0.3 is 14.4 Å². The summed E-state index contributed by atoms with van der Waals surface area (Å²) in [5.74, 6) is 0.635. The molecule has 0 atom stereocenters. The van der Waals surface area contributed by atoms with Gasteiger partial charge >= 0.3 is 6.09 Å². The Kier molecular flexibility index (Phi) is 3.22. The average Bonchev–Trinajstić information content (AvgIpc) is 2.88. The molecule has 0 saturated carbocycles. The van der Waals surface area contributed by atoms with Crippen molar-refractivity contribution in [2.45, 2.75) is 19.5 Å². The summed E-state index contributed by atoms with van der Waals surface area (Å²) in [6.45, 7) is 2.23. The van der Waals surface area contributed by atoms with Crippen LogP contribution >= 0.6 is 0 Å². The van der Waals surface area contributed by atoms with E-state index in [1.807, 2.05) is 12.1 Å². The summed E-state index contributed by atoms with van der Waals surface area (Å²) in [6.07, 6.45) is 1.29. The average molecular weight is 276 g/mol. The molecule has 0 aliphatic carbocycles. The minimum absolute atomic E-state index is 0.347. The van der Waals surface area contributed by atoms with Crippen LogP contribution in [0.3, 0.4) is 0 Å². The SMILES string of the molecule is COc1cc2c(cc1N1CCCOC1=O)CN(C=O)C2. The highest BCUT2D eigenvalue weighted by molar-refractivity contribution is 5.90. The standard InChI is InChI=1S/C14H16N2O4/c1-19-13-6-11-8-15(9-17)7-10(11)5-12(13)16-3-2-4-20-14(16)18/h5-6,9H,2-4,7-8H2,1H3. The molecule has 0 N–H and O–H groups in total. The van der Waals surface area contributed by atoms with Gasteiger partial charge in [0.15, 0.2) is 0 Å². The van der Waals surface area contributed by atoms with Gasteiger partial charge in [-0.25, -0.2) is 4.79 Å². The molecule has 0 radical (unpaired) electrons. The molecule has 2 aliphatic heterocycles. The second kappa shape index (κ2) is 5.03. The normalized spacial score (nSPS) is 17.8. The Morgan fingerprint density at radius 3 is 2.70 bits per heavy atom. The van der Waals surface area contributed by atoms with Crippen molar-refractivity contribution < 1.29 is 19.1 Å². The van der Waals surface area contributed by atoms with Crippen molar-refractivity contribution in [3.05, 3.63) is 23.3 Å². The molecule has 1 aromatic rings. The van der Waals surface area contributed by atoms with Crippen molar-refractivity contribution in [3.63, 3.8) is 0 Å². The Hall–Kier alpha value is -2.24. The predicted molar refractivity (Wildman–Crippen MR) is 71.6 cm³/mol. The Morgan fingerprint density at radius 2 is 2.05 bits per heavy atom. The molecular weight excluding hydrogens is 260 g/mol. The minimum atomic E-state index is -0.347. The fourth-order valence-corrected chi connectivity index (χ4v) is 2.66. The van der Waals surface area contributed by atoms with Crippen molar-refractivity contribution in [1.82, 2.24) is 4.90 Å². The number of cyclic esters (lactones) is 1. The first-order valence-electron chi connectivity index (χ1n) is 6.56. The smallest absolute Gasteiger partial charge is 0.414 e. The zero-order valence-electron chi connectivity index (χ0n) is 11.3. The molecule has 6 nitrogen and oxygen atoms in total. The summed E-state index contributed by atoms with van der Waals surface area (Å²) in [6, 6.07) is 3.82. The van der Waals surface area contributed by atoms with E-state index in [1.165, 1.54) is 0 Å². The number of hydrogen-bond donors (Lipinski definition) is 0. The summed E-state index contributed by atoms with van der Waals surface area (Å²) in [5.41, 5.74) is 2.82. The second-order valence-corrected chi connectivity index (χ2v) is 4.92. The number of ether oxygens (including phenoxy) is 2. The van der Waals surface area contributed by atoms with Crippen LogP contribution in [-0.2, 0) is 22.6 Å². The van der Waals surface area contributed by atoms with Crippen LogP contribution in [0.25, 0.3) is 0 Å². The van der Waals surface area contributed by atoms with Gasteiger partial charge in [-0.05, 0) is 29.7 Å². The maximum Gasteiger partial charge on any atom is 0.414 e. The lowest BCUT2D eigenvalue weighted by Crippen LogP contribution is -2.38. The molecule has 0 aromatic heterocycles. The van der Waals surface area contributed by atoms with Crippen LogP contribution in [0.1, 0.15) is 17.5 Å². The molecule has 106 valence electrons. The highest BCUT2D eigenvalue weighted by Gasteiger charge is 2.27. The Labute approximate surface area is 116 Å². The lowest BCUT2D eigenvalue weighted by atomic mass is 10.1. The van der Waals surface area contributed by atoms with E-state index in [0.29, 0.717) is 37.7 Å². The lowest BCUT2D eigenvalue weighted by molar-refractivity contribution is -0.118. The van der Waals surface area contributed by atoms with Gasteiger partial charge in [-0.3, -0.25) is 9.69 Å². The molecule has 20 heavy (non-hydrogen) atoms. The van der Waals surface area contributed by atoms with E-state index in [-0.39, 0.29) is 6.09 Å². The monoisotopic (exact) mass is 276 g/mol. The van der Waals surface area contributed by atoms with Crippen LogP contribution < -0.4 is 9.64 Å². The number of amides is 2. The van der Waals surface area contributed by atoms with Crippen LogP contribution in [0.4, 0.5) is 10.5 Å². The fourth-order valence-electron chi connectivity index (χ4n) is 2.66. The van der Waals surface area contributed by atoms with Crippen LogP contribution in [-0.4, -0.2) is 37.7 Å². The third kappa shape index (κ3) is 2.07. The number of hydrogen-bond acceptors (Lipinski definition) is 4. The van der Waals surface area contributed by atoms with Crippen LogP contribution in [0.2, 0.25) is 0 Å². The van der Waals surface area contributed by atoms with Gasteiger partial charge in [0, 0.05) is 19.6 Å². The van der Waals surface area contributed by atoms with E-state index < -0.39 is 0 Å². The molecule has 1 aromatic carbocycles. The summed E-state index contributed by atoms with van der Waals surface area (Å²) < 4.78 is 10.5. The molecule has 1 fully saturated rings. The zero-order chi connectivity index (χ0) is 14.1. The number of nitrogens with zero attached hydrogens (tertiary/aromatic N) is 2. The zero-order valence-corrected chi connectivity index (χ0v) is 11.3. The van der Waals surface area contributed by atoms with Gasteiger partial charge in [-0.1, -0.05) is 0 Å². The summed E-state index contributed by atoms with van der Waals surface area (Å²) >= 11 is 0. The van der Waals surface area contributed by atoms with E-state index in [0.717, 1.165) is 24.0 Å². The molecule has 2 aliphatic rings. The molecule has 1 saturated heterocycles. The van der Waals surface area contributed by atoms with E-state index in [2.05, 4.69) is 0 Å². The van der Waals surface area contributed by atoms with Crippen molar-refractivity contribution in [2.24, 2.45) is 0 Å². The number of methoxy groups -OCH3 is 1. The quantitative estimate of drug-likeness (QED) is 0.785. The van der Waals surface area contributed by atoms with Gasteiger partial charge in [0.05, 0.1) is 19.4 Å². The lowest BCUT2D eigenvalue weighted by Gasteiger charge is -2.28. The molecule has 3 rings (SSSR count). The van der Waals surface area contributed by atoms with Crippen molar-refractivity contribution in [1.29, 1.82) is 0 Å². The molecular formula is C14H16N2O4. The first kappa shape index (κ1) is 12.8. The van der Waals surface area contributed by atoms with Gasteiger partial charge in [0.2, 0.25) is 6.41 Å². The molecule has 6 heteroatoms. The number of carbonyl (C=O) groups is 2. The largest absolute Gasteiger partial charge is 0.495 e. The maximum absolute atomic E-state index is 11.9. The molecule has 2 amide bonds. The first-order valence-corrected chi connectivity index (χ1v) is 6.56. The Bertz CT molecular complexity index is 558. The number of anilines is 1. The van der Waals surface area contributed by atoms with E-state index in [9.17, 15) is 9.59 Å². The van der Waals surface area contributed by atoms with Crippen LogP contribution in [0, 0.1) is 0 Å². The molecule has 0 unspecified atom stereocenters. The van der Waals surface area contributed by atoms with Crippen LogP contribution in [0.5, 0.6) is 5.75 Å². The van der Waals surface area contributed by atoms with Crippen molar-refractivity contribution in [3.8, 4) is 5.75 Å². The van der Waals surface area contributed by atoms with Crippen molar-refractivity contribution in [2.75, 3.05) is 25.2 Å². The molecule has 0 bridgehead atoms. The van der Waals surface area contributed by atoms with Gasteiger partial charge in [0.25, 0.3) is 0 Å². The predicted octanol–water partition coefficient (Wildman–Crippen LogP) is 1.51. The Morgan fingerprint density at radius 1 is 1.30 bits per heavy atom. The number of rotatable bonds is 3. The van der Waals surface area contributed by atoms with E-state index in [1.54, 1.807) is 16.9 Å². The topological polar surface area (TPSA) is 59.1 Å². The van der Waals surface area contributed by atoms with Gasteiger partial charge in [-0.15, -0.1) is 0 Å². The number of carbonyl (C=O) groups excluding carboxylic acids is 2. The third-order valence-electron chi connectivity index (χ3n) is 3.66. The van der Waals surface area contributed by atoms with E-state index in [4.69, 9.17) is 9.47 Å². The summed E-state index contributed by atoms with van der Waals surface area (Å²) in [5, 5.41) is 0. The Balaban J connectivity index is 1.99. The number of benzene rings is 1. The summed E-state index contributed by atoms with van der Waals surface area (Å²) in [7, 11) is 1.58. The summed E-state index contributed by atoms with van der Waals surface area (Å²) in [4.78, 5) is 26.0. The molecule has 2 heterocycles. The van der Waals surface area contributed by atoms with E-state index >= 15 is 0 Å². The minimum Gasteiger partial charge on any atom is -0.495 e. The van der Waals surface area contributed by atoms with Gasteiger partial charge in [0.1, 0.15) is 5.75 Å². The number of fused-ring (bicyclic) bond motifs is 1.